The molecule has 0 radical (unpaired) electrons. The van der Waals surface area contributed by atoms with Crippen LogP contribution in [0.2, 0.25) is 0 Å². The Morgan fingerprint density at radius 2 is 1.16 bits per heavy atom. The molecule has 25 heavy (non-hydrogen) atoms. The van der Waals surface area contributed by atoms with Crippen LogP contribution in [0.4, 0.5) is 0 Å². The van der Waals surface area contributed by atoms with Gasteiger partial charge < -0.3 is 13.6 Å². The van der Waals surface area contributed by atoms with Crippen molar-refractivity contribution < 1.29 is 13.6 Å². The number of hydrogen-bond acceptors (Lipinski definition) is 4. The summed E-state index contributed by atoms with van der Waals surface area (Å²) >= 11 is 5.70. The summed E-state index contributed by atoms with van der Waals surface area (Å²) in [5, 5.41) is 0. The molecule has 0 heterocycles. The highest BCUT2D eigenvalue weighted by atomic mass is 32.5. The van der Waals surface area contributed by atoms with Gasteiger partial charge in [0.15, 0.2) is 0 Å². The zero-order chi connectivity index (χ0) is 17.5. The number of rotatable bonds is 7. The SMILES string of the molecule is CCc1ccccc1OP(=S)(Oc1ccccc1)Oc1ccccc1. The second-order valence-corrected chi connectivity index (χ2v) is 8.09. The van der Waals surface area contributed by atoms with E-state index in [4.69, 9.17) is 25.4 Å². The molecule has 0 N–H and O–H groups in total. The summed E-state index contributed by atoms with van der Waals surface area (Å²) in [4.78, 5) is 0. The van der Waals surface area contributed by atoms with E-state index in [1.54, 1.807) is 0 Å². The lowest BCUT2D eigenvalue weighted by molar-refractivity contribution is 0.382. The molecule has 3 aromatic carbocycles. The largest absolute Gasteiger partial charge is 0.490 e. The average Bonchev–Trinajstić information content (AvgIpc) is 2.63. The second-order valence-electron chi connectivity index (χ2n) is 5.31. The van der Waals surface area contributed by atoms with Gasteiger partial charge in [-0.2, -0.15) is 0 Å². The zero-order valence-electron chi connectivity index (χ0n) is 13.9. The molecular formula is C20H19O3PS. The molecule has 3 rings (SSSR count). The molecule has 3 nitrogen and oxygen atoms in total. The van der Waals surface area contributed by atoms with Crippen LogP contribution < -0.4 is 13.6 Å². The van der Waals surface area contributed by atoms with Gasteiger partial charge in [-0.25, -0.2) is 0 Å². The molecule has 0 saturated heterocycles. The molecule has 5 heteroatoms. The van der Waals surface area contributed by atoms with Crippen molar-refractivity contribution in [3.8, 4) is 17.2 Å². The Labute approximate surface area is 153 Å². The Hall–Kier alpha value is -2.29. The van der Waals surface area contributed by atoms with Gasteiger partial charge in [0.1, 0.15) is 17.2 Å². The minimum atomic E-state index is -3.09. The van der Waals surface area contributed by atoms with Crippen molar-refractivity contribution in [1.29, 1.82) is 0 Å². The predicted octanol–water partition coefficient (Wildman–Crippen LogP) is 6.01. The molecule has 128 valence electrons. The van der Waals surface area contributed by atoms with E-state index in [1.807, 2.05) is 84.9 Å². The lowest BCUT2D eigenvalue weighted by Gasteiger charge is -2.24. The average molecular weight is 370 g/mol. The monoisotopic (exact) mass is 370 g/mol. The molecular weight excluding hydrogens is 351 g/mol. The van der Waals surface area contributed by atoms with Crippen molar-refractivity contribution in [2.24, 2.45) is 0 Å². The van der Waals surface area contributed by atoms with E-state index in [-0.39, 0.29) is 0 Å². The third-order valence-corrected chi connectivity index (χ3v) is 5.44. The summed E-state index contributed by atoms with van der Waals surface area (Å²) in [5.74, 6) is 1.94. The first-order valence-electron chi connectivity index (χ1n) is 8.05. The molecule has 0 fully saturated rings. The maximum Gasteiger partial charge on any atom is 0.490 e. The van der Waals surface area contributed by atoms with Gasteiger partial charge >= 0.3 is 6.72 Å². The Balaban J connectivity index is 1.92. The molecule has 0 aliphatic heterocycles. The fourth-order valence-corrected chi connectivity index (χ4v) is 4.33. The Morgan fingerprint density at radius 1 is 0.680 bits per heavy atom. The Bertz CT molecular complexity index is 808. The third kappa shape index (κ3) is 4.85. The Kier molecular flexibility index (Phi) is 5.75. The van der Waals surface area contributed by atoms with Gasteiger partial charge in [-0.1, -0.05) is 61.5 Å². The summed E-state index contributed by atoms with van der Waals surface area (Å²) in [6.45, 7) is -1.02. The van der Waals surface area contributed by atoms with Crippen LogP contribution in [0, 0.1) is 0 Å². The van der Waals surface area contributed by atoms with E-state index in [0.717, 1.165) is 12.0 Å². The van der Waals surface area contributed by atoms with Gasteiger partial charge in [0.05, 0.1) is 0 Å². The van der Waals surface area contributed by atoms with Crippen molar-refractivity contribution in [3.63, 3.8) is 0 Å². The van der Waals surface area contributed by atoms with Crippen molar-refractivity contribution in [2.45, 2.75) is 13.3 Å². The minimum absolute atomic E-state index is 0.621. The molecule has 0 unspecified atom stereocenters. The second kappa shape index (κ2) is 8.19. The van der Waals surface area contributed by atoms with Gasteiger partial charge in [-0.05, 0) is 42.3 Å². The van der Waals surface area contributed by atoms with Crippen molar-refractivity contribution in [1.82, 2.24) is 0 Å². The third-order valence-electron chi connectivity index (χ3n) is 3.48. The number of aryl methyl sites for hydroxylation is 1. The van der Waals surface area contributed by atoms with Gasteiger partial charge in [0.25, 0.3) is 0 Å². The van der Waals surface area contributed by atoms with E-state index in [9.17, 15) is 0 Å². The topological polar surface area (TPSA) is 27.7 Å². The summed E-state index contributed by atoms with van der Waals surface area (Å²) in [6.07, 6.45) is 0.835. The summed E-state index contributed by atoms with van der Waals surface area (Å²) in [7, 11) is 0. The predicted molar refractivity (Wildman–Crippen MR) is 105 cm³/mol. The quantitative estimate of drug-likeness (QED) is 0.476. The first-order valence-corrected chi connectivity index (χ1v) is 10.6. The van der Waals surface area contributed by atoms with E-state index in [2.05, 4.69) is 6.92 Å². The highest BCUT2D eigenvalue weighted by molar-refractivity contribution is 8.08. The van der Waals surface area contributed by atoms with Crippen molar-refractivity contribution >= 4 is 18.5 Å². The van der Waals surface area contributed by atoms with Crippen LogP contribution in [0.3, 0.4) is 0 Å². The first kappa shape index (κ1) is 17.5. The van der Waals surface area contributed by atoms with Crippen LogP contribution in [-0.4, -0.2) is 0 Å². The molecule has 0 aliphatic rings. The van der Waals surface area contributed by atoms with Gasteiger partial charge in [-0.3, -0.25) is 0 Å². The molecule has 0 amide bonds. The summed E-state index contributed by atoms with van der Waals surface area (Å²) in [6, 6.07) is 26.5. The van der Waals surface area contributed by atoms with E-state index >= 15 is 0 Å². The van der Waals surface area contributed by atoms with Crippen LogP contribution in [0.1, 0.15) is 12.5 Å². The molecule has 3 aromatic rings. The normalized spacial score (nSPS) is 10.9. The maximum absolute atomic E-state index is 6.11. The lowest BCUT2D eigenvalue weighted by Crippen LogP contribution is -2.08. The van der Waals surface area contributed by atoms with Gasteiger partial charge in [0, 0.05) is 11.8 Å². The van der Waals surface area contributed by atoms with Crippen LogP contribution in [0.5, 0.6) is 17.2 Å². The lowest BCUT2D eigenvalue weighted by atomic mass is 10.1. The molecule has 0 aliphatic carbocycles. The Morgan fingerprint density at radius 3 is 1.68 bits per heavy atom. The van der Waals surface area contributed by atoms with Crippen LogP contribution in [0.15, 0.2) is 84.9 Å². The molecule has 0 atom stereocenters. The van der Waals surface area contributed by atoms with Crippen molar-refractivity contribution in [2.75, 3.05) is 0 Å². The minimum Gasteiger partial charge on any atom is -0.407 e. The van der Waals surface area contributed by atoms with Crippen molar-refractivity contribution in [3.05, 3.63) is 90.5 Å². The zero-order valence-corrected chi connectivity index (χ0v) is 15.6. The van der Waals surface area contributed by atoms with Crippen LogP contribution in [-0.2, 0) is 18.2 Å². The van der Waals surface area contributed by atoms with E-state index < -0.39 is 6.72 Å². The highest BCUT2D eigenvalue weighted by Gasteiger charge is 2.27. The summed E-state index contributed by atoms with van der Waals surface area (Å²) < 4.78 is 18.1. The molecule has 0 spiro atoms. The van der Waals surface area contributed by atoms with E-state index in [0.29, 0.717) is 17.2 Å². The maximum atomic E-state index is 6.11. The molecule has 0 bridgehead atoms. The standard InChI is InChI=1S/C20H19O3PS/c1-2-17-11-9-10-16-20(17)23-24(25,21-18-12-5-3-6-13-18)22-19-14-7-4-8-15-19/h3-16H,2H2,1H3. The first-order chi connectivity index (χ1) is 12.2. The van der Waals surface area contributed by atoms with Crippen LogP contribution in [0.25, 0.3) is 0 Å². The van der Waals surface area contributed by atoms with Crippen LogP contribution >= 0.6 is 6.72 Å². The molecule has 0 saturated carbocycles. The van der Waals surface area contributed by atoms with Gasteiger partial charge in [-0.15, -0.1) is 0 Å². The smallest absolute Gasteiger partial charge is 0.407 e. The van der Waals surface area contributed by atoms with Gasteiger partial charge in [0.2, 0.25) is 0 Å². The number of para-hydroxylation sites is 3. The fraction of sp³-hybridized carbons (Fsp3) is 0.100. The summed E-state index contributed by atoms with van der Waals surface area (Å²) in [5.41, 5.74) is 1.06. The number of benzene rings is 3. The van der Waals surface area contributed by atoms with E-state index in [1.165, 1.54) is 0 Å². The number of hydrogen-bond donors (Lipinski definition) is 0. The fourth-order valence-electron chi connectivity index (χ4n) is 2.28. The molecule has 0 aromatic heterocycles. The highest BCUT2D eigenvalue weighted by Crippen LogP contribution is 2.50.